The molecule has 0 aliphatic carbocycles. The molecular formula is C13H18BrClN2. The van der Waals surface area contributed by atoms with Gasteiger partial charge in [-0.15, -0.1) is 0 Å². The molecule has 2 atom stereocenters. The average molecular weight is 318 g/mol. The van der Waals surface area contributed by atoms with Gasteiger partial charge in [0, 0.05) is 22.1 Å². The number of hydrogen-bond acceptors (Lipinski definition) is 2. The van der Waals surface area contributed by atoms with Crippen LogP contribution in [0.1, 0.15) is 31.4 Å². The predicted molar refractivity (Wildman–Crippen MR) is 76.3 cm³/mol. The zero-order valence-electron chi connectivity index (χ0n) is 10.00. The molecule has 1 aromatic carbocycles. The minimum atomic E-state index is 0.205. The molecule has 2 nitrogen and oxygen atoms in total. The van der Waals surface area contributed by atoms with Crippen molar-refractivity contribution in [3.05, 3.63) is 33.3 Å². The van der Waals surface area contributed by atoms with E-state index >= 15 is 0 Å². The van der Waals surface area contributed by atoms with E-state index in [-0.39, 0.29) is 6.04 Å². The van der Waals surface area contributed by atoms with Gasteiger partial charge in [0.15, 0.2) is 0 Å². The Balaban J connectivity index is 2.32. The molecule has 0 aromatic heterocycles. The second-order valence-electron chi connectivity index (χ2n) is 4.60. The molecule has 0 spiro atoms. The minimum absolute atomic E-state index is 0.205. The van der Waals surface area contributed by atoms with E-state index in [1.807, 2.05) is 18.2 Å². The van der Waals surface area contributed by atoms with Crippen LogP contribution in [-0.2, 0) is 0 Å². The molecule has 2 unspecified atom stereocenters. The van der Waals surface area contributed by atoms with Gasteiger partial charge >= 0.3 is 0 Å². The zero-order valence-corrected chi connectivity index (χ0v) is 12.3. The zero-order chi connectivity index (χ0) is 12.4. The Morgan fingerprint density at radius 1 is 1.53 bits per heavy atom. The average Bonchev–Trinajstić information content (AvgIpc) is 2.64. The van der Waals surface area contributed by atoms with E-state index in [4.69, 9.17) is 17.3 Å². The standard InChI is InChI=1S/C13H18BrClN2/c1-2-6-17-7-5-12(16)13(17)10-8-9(15)3-4-11(10)14/h3-4,8,12-13H,2,5-7,16H2,1H3. The van der Waals surface area contributed by atoms with Crippen molar-refractivity contribution in [1.82, 2.24) is 4.90 Å². The fourth-order valence-electron chi connectivity index (χ4n) is 2.59. The predicted octanol–water partition coefficient (Wildman–Crippen LogP) is 3.59. The molecule has 1 heterocycles. The van der Waals surface area contributed by atoms with Gasteiger partial charge in [0.2, 0.25) is 0 Å². The third-order valence-electron chi connectivity index (χ3n) is 3.34. The summed E-state index contributed by atoms with van der Waals surface area (Å²) in [6, 6.07) is 6.44. The first-order chi connectivity index (χ1) is 8.13. The van der Waals surface area contributed by atoms with Crippen LogP contribution < -0.4 is 5.73 Å². The maximum atomic E-state index is 6.25. The fourth-order valence-corrected chi connectivity index (χ4v) is 3.25. The maximum absolute atomic E-state index is 6.25. The van der Waals surface area contributed by atoms with E-state index in [0.29, 0.717) is 6.04 Å². The molecule has 1 aliphatic heterocycles. The topological polar surface area (TPSA) is 29.3 Å². The van der Waals surface area contributed by atoms with Crippen molar-refractivity contribution in [2.45, 2.75) is 31.8 Å². The summed E-state index contributed by atoms with van der Waals surface area (Å²) >= 11 is 9.69. The summed E-state index contributed by atoms with van der Waals surface area (Å²) in [5.41, 5.74) is 7.46. The molecule has 1 aliphatic rings. The molecule has 1 saturated heterocycles. The van der Waals surface area contributed by atoms with Crippen LogP contribution in [0.4, 0.5) is 0 Å². The van der Waals surface area contributed by atoms with Gasteiger partial charge < -0.3 is 5.73 Å². The van der Waals surface area contributed by atoms with Crippen molar-refractivity contribution in [1.29, 1.82) is 0 Å². The van der Waals surface area contributed by atoms with Crippen LogP contribution >= 0.6 is 27.5 Å². The number of nitrogens with two attached hydrogens (primary N) is 1. The van der Waals surface area contributed by atoms with Gasteiger partial charge in [-0.25, -0.2) is 0 Å². The highest BCUT2D eigenvalue weighted by atomic mass is 79.9. The Labute approximate surface area is 116 Å². The molecule has 17 heavy (non-hydrogen) atoms. The van der Waals surface area contributed by atoms with Gasteiger partial charge in [0.05, 0.1) is 6.04 Å². The smallest absolute Gasteiger partial charge is 0.0511 e. The number of halogens is 2. The van der Waals surface area contributed by atoms with Crippen LogP contribution in [0.3, 0.4) is 0 Å². The first kappa shape index (κ1) is 13.3. The van der Waals surface area contributed by atoms with Gasteiger partial charge in [0.25, 0.3) is 0 Å². The number of likely N-dealkylation sites (tertiary alicyclic amines) is 1. The molecule has 0 radical (unpaired) electrons. The van der Waals surface area contributed by atoms with Gasteiger partial charge in [-0.05, 0) is 43.1 Å². The van der Waals surface area contributed by atoms with Crippen LogP contribution in [-0.4, -0.2) is 24.0 Å². The lowest BCUT2D eigenvalue weighted by Crippen LogP contribution is -2.32. The summed E-state index contributed by atoms with van der Waals surface area (Å²) in [6.07, 6.45) is 2.21. The summed E-state index contributed by atoms with van der Waals surface area (Å²) in [5.74, 6) is 0. The van der Waals surface area contributed by atoms with E-state index < -0.39 is 0 Å². The van der Waals surface area contributed by atoms with E-state index in [9.17, 15) is 0 Å². The second kappa shape index (κ2) is 5.70. The highest BCUT2D eigenvalue weighted by Gasteiger charge is 2.33. The number of hydrogen-bond donors (Lipinski definition) is 1. The molecule has 2 rings (SSSR count). The minimum Gasteiger partial charge on any atom is -0.326 e. The van der Waals surface area contributed by atoms with Gasteiger partial charge in [0.1, 0.15) is 0 Å². The maximum Gasteiger partial charge on any atom is 0.0511 e. The van der Waals surface area contributed by atoms with Crippen LogP contribution in [0.15, 0.2) is 22.7 Å². The van der Waals surface area contributed by atoms with Crippen molar-refractivity contribution >= 4 is 27.5 Å². The Hall–Kier alpha value is -0.0900. The molecule has 1 fully saturated rings. The van der Waals surface area contributed by atoms with Crippen molar-refractivity contribution in [3.8, 4) is 0 Å². The molecule has 94 valence electrons. The van der Waals surface area contributed by atoms with Crippen LogP contribution in [0.25, 0.3) is 0 Å². The second-order valence-corrected chi connectivity index (χ2v) is 5.89. The number of nitrogens with zero attached hydrogens (tertiary/aromatic N) is 1. The van der Waals surface area contributed by atoms with E-state index in [1.165, 1.54) is 5.56 Å². The van der Waals surface area contributed by atoms with Crippen molar-refractivity contribution in [3.63, 3.8) is 0 Å². The van der Waals surface area contributed by atoms with Crippen molar-refractivity contribution < 1.29 is 0 Å². The Bertz CT molecular complexity index is 395. The number of rotatable bonds is 3. The van der Waals surface area contributed by atoms with Crippen molar-refractivity contribution in [2.75, 3.05) is 13.1 Å². The molecule has 4 heteroatoms. The summed E-state index contributed by atoms with van der Waals surface area (Å²) in [5, 5.41) is 0.777. The van der Waals surface area contributed by atoms with Crippen LogP contribution in [0, 0.1) is 0 Å². The summed E-state index contributed by atoms with van der Waals surface area (Å²) < 4.78 is 1.10. The van der Waals surface area contributed by atoms with Gasteiger partial charge in [-0.3, -0.25) is 4.90 Å². The highest BCUT2D eigenvalue weighted by molar-refractivity contribution is 9.10. The monoisotopic (exact) mass is 316 g/mol. The Kier molecular flexibility index (Phi) is 4.47. The van der Waals surface area contributed by atoms with Crippen molar-refractivity contribution in [2.24, 2.45) is 5.73 Å². The molecule has 0 saturated carbocycles. The lowest BCUT2D eigenvalue weighted by molar-refractivity contribution is 0.247. The lowest BCUT2D eigenvalue weighted by atomic mass is 10.0. The van der Waals surface area contributed by atoms with Gasteiger partial charge in [-0.1, -0.05) is 34.5 Å². The summed E-state index contributed by atoms with van der Waals surface area (Å²) in [6.45, 7) is 4.38. The normalized spacial score (nSPS) is 25.4. The third kappa shape index (κ3) is 2.84. The molecule has 0 bridgehead atoms. The summed E-state index contributed by atoms with van der Waals surface area (Å²) in [7, 11) is 0. The fraction of sp³-hybridized carbons (Fsp3) is 0.538. The third-order valence-corrected chi connectivity index (χ3v) is 4.29. The quantitative estimate of drug-likeness (QED) is 0.923. The van der Waals surface area contributed by atoms with E-state index in [1.54, 1.807) is 0 Å². The largest absolute Gasteiger partial charge is 0.326 e. The number of benzene rings is 1. The molecule has 1 aromatic rings. The first-order valence-corrected chi connectivity index (χ1v) is 7.25. The molecular weight excluding hydrogens is 300 g/mol. The van der Waals surface area contributed by atoms with E-state index in [0.717, 1.165) is 35.4 Å². The van der Waals surface area contributed by atoms with Crippen LogP contribution in [0.2, 0.25) is 5.02 Å². The van der Waals surface area contributed by atoms with Crippen LogP contribution in [0.5, 0.6) is 0 Å². The Morgan fingerprint density at radius 2 is 2.29 bits per heavy atom. The lowest BCUT2D eigenvalue weighted by Gasteiger charge is -2.27. The van der Waals surface area contributed by atoms with Gasteiger partial charge in [-0.2, -0.15) is 0 Å². The Morgan fingerprint density at radius 3 is 3.00 bits per heavy atom. The molecule has 0 amide bonds. The molecule has 2 N–H and O–H groups in total. The SMILES string of the molecule is CCCN1CCC(N)C1c1cc(Cl)ccc1Br. The van der Waals surface area contributed by atoms with E-state index in [2.05, 4.69) is 27.8 Å². The summed E-state index contributed by atoms with van der Waals surface area (Å²) in [4.78, 5) is 2.46. The first-order valence-electron chi connectivity index (χ1n) is 6.08. The highest BCUT2D eigenvalue weighted by Crippen LogP contribution is 2.36.